The van der Waals surface area contributed by atoms with Gasteiger partial charge in [-0.15, -0.1) is 0 Å². The molecular weight excluding hydrogens is 502 g/mol. The van der Waals surface area contributed by atoms with Gasteiger partial charge in [-0.1, -0.05) is 35.4 Å². The maximum Gasteiger partial charge on any atom is 0.343 e. The van der Waals surface area contributed by atoms with Crippen LogP contribution in [0, 0.1) is 6.92 Å². The summed E-state index contributed by atoms with van der Waals surface area (Å²) in [6.45, 7) is 2.30. The molecule has 0 unspecified atom stereocenters. The number of ether oxygens (including phenoxy) is 3. The van der Waals surface area contributed by atoms with Crippen LogP contribution in [0.25, 0.3) is 6.08 Å². The third-order valence-corrected chi connectivity index (χ3v) is 6.46. The summed E-state index contributed by atoms with van der Waals surface area (Å²) in [5.41, 5.74) is 2.04. The maximum absolute atomic E-state index is 12.8. The molecule has 36 heavy (non-hydrogen) atoms. The zero-order chi connectivity index (χ0) is 25.7. The van der Waals surface area contributed by atoms with Gasteiger partial charge in [-0.05, 0) is 78.9 Å². The van der Waals surface area contributed by atoms with E-state index in [4.69, 9.17) is 25.8 Å². The van der Waals surface area contributed by atoms with E-state index in [-0.39, 0.29) is 34.1 Å². The molecule has 0 bridgehead atoms. The molecular formula is C27H22ClNO6S. The van der Waals surface area contributed by atoms with Gasteiger partial charge in [0.25, 0.3) is 11.1 Å². The molecule has 1 fully saturated rings. The SMILES string of the molecule is COc1ccc(C(=O)Oc2ccc(/C=C3\SC(=O)N(CCOc4ccc(C)cc4)C3=O)cc2Cl)cc1. The highest BCUT2D eigenvalue weighted by atomic mass is 35.5. The summed E-state index contributed by atoms with van der Waals surface area (Å²) in [6, 6.07) is 18.8. The van der Waals surface area contributed by atoms with Crippen molar-refractivity contribution in [2.24, 2.45) is 0 Å². The lowest BCUT2D eigenvalue weighted by molar-refractivity contribution is -0.123. The van der Waals surface area contributed by atoms with Gasteiger partial charge in [0.15, 0.2) is 0 Å². The van der Waals surface area contributed by atoms with Gasteiger partial charge in [-0.25, -0.2) is 4.79 Å². The first-order valence-corrected chi connectivity index (χ1v) is 12.1. The van der Waals surface area contributed by atoms with Crippen LogP contribution in [0.4, 0.5) is 4.79 Å². The quantitative estimate of drug-likeness (QED) is 0.204. The lowest BCUT2D eigenvalue weighted by Gasteiger charge is -2.13. The van der Waals surface area contributed by atoms with Crippen molar-refractivity contribution in [3.05, 3.63) is 93.3 Å². The summed E-state index contributed by atoms with van der Waals surface area (Å²) in [4.78, 5) is 39.0. The first kappa shape index (κ1) is 25.3. The van der Waals surface area contributed by atoms with E-state index in [9.17, 15) is 14.4 Å². The Balaban J connectivity index is 1.38. The standard InChI is InChI=1S/C27H22ClNO6S/c1-17-3-8-21(9-4-17)34-14-13-29-25(30)24(36-27(29)32)16-18-5-12-23(22(28)15-18)35-26(31)19-6-10-20(33-2)11-7-19/h3-12,15-16H,13-14H2,1-2H3/b24-16-. The van der Waals surface area contributed by atoms with E-state index >= 15 is 0 Å². The molecule has 7 nitrogen and oxygen atoms in total. The number of aryl methyl sites for hydroxylation is 1. The lowest BCUT2D eigenvalue weighted by Crippen LogP contribution is -2.32. The molecule has 0 spiro atoms. The molecule has 1 heterocycles. The van der Waals surface area contributed by atoms with E-state index in [0.29, 0.717) is 22.6 Å². The highest BCUT2D eigenvalue weighted by molar-refractivity contribution is 8.18. The van der Waals surface area contributed by atoms with Gasteiger partial charge in [0.1, 0.15) is 23.9 Å². The fourth-order valence-electron chi connectivity index (χ4n) is 3.31. The molecule has 1 aliphatic heterocycles. The number of imide groups is 1. The smallest absolute Gasteiger partial charge is 0.343 e. The van der Waals surface area contributed by atoms with Crippen LogP contribution in [0.15, 0.2) is 71.6 Å². The monoisotopic (exact) mass is 523 g/mol. The molecule has 4 rings (SSSR count). The Bertz CT molecular complexity index is 1320. The fraction of sp³-hybridized carbons (Fsp3) is 0.148. The van der Waals surface area contributed by atoms with Crippen LogP contribution in [-0.4, -0.2) is 42.3 Å². The molecule has 0 aliphatic carbocycles. The Morgan fingerprint density at radius 2 is 1.69 bits per heavy atom. The normalized spacial score (nSPS) is 14.3. The van der Waals surface area contributed by atoms with Crippen molar-refractivity contribution in [3.8, 4) is 17.2 Å². The molecule has 3 aromatic carbocycles. The number of thioether (sulfide) groups is 1. The van der Waals surface area contributed by atoms with Crippen LogP contribution < -0.4 is 14.2 Å². The number of methoxy groups -OCH3 is 1. The summed E-state index contributed by atoms with van der Waals surface area (Å²) in [5, 5.41) is -0.175. The Morgan fingerprint density at radius 1 is 1.00 bits per heavy atom. The van der Waals surface area contributed by atoms with Crippen molar-refractivity contribution in [1.29, 1.82) is 0 Å². The number of carbonyl (C=O) groups excluding carboxylic acids is 3. The molecule has 9 heteroatoms. The number of hydrogen-bond donors (Lipinski definition) is 0. The van der Waals surface area contributed by atoms with Crippen molar-refractivity contribution in [2.45, 2.75) is 6.92 Å². The number of amides is 2. The molecule has 0 radical (unpaired) electrons. The molecule has 0 saturated carbocycles. The minimum absolute atomic E-state index is 0.136. The van der Waals surface area contributed by atoms with E-state index in [1.807, 2.05) is 31.2 Å². The summed E-state index contributed by atoms with van der Waals surface area (Å²) >= 11 is 7.16. The number of carbonyl (C=O) groups is 3. The second kappa shape index (κ2) is 11.3. The average molecular weight is 524 g/mol. The predicted molar refractivity (Wildman–Crippen MR) is 139 cm³/mol. The van der Waals surface area contributed by atoms with Gasteiger partial charge < -0.3 is 14.2 Å². The maximum atomic E-state index is 12.8. The molecule has 1 saturated heterocycles. The summed E-state index contributed by atoms with van der Waals surface area (Å²) in [6.07, 6.45) is 1.58. The van der Waals surface area contributed by atoms with Gasteiger partial charge in [0, 0.05) is 0 Å². The van der Waals surface area contributed by atoms with Crippen molar-refractivity contribution in [2.75, 3.05) is 20.3 Å². The molecule has 0 atom stereocenters. The number of benzene rings is 3. The van der Waals surface area contributed by atoms with E-state index in [2.05, 4.69) is 0 Å². The fourth-order valence-corrected chi connectivity index (χ4v) is 4.40. The predicted octanol–water partition coefficient (Wildman–Crippen LogP) is 5.99. The molecule has 0 aromatic heterocycles. The van der Waals surface area contributed by atoms with Gasteiger partial charge >= 0.3 is 5.97 Å². The number of esters is 1. The molecule has 0 N–H and O–H groups in total. The number of halogens is 1. The van der Waals surface area contributed by atoms with Crippen LogP contribution >= 0.6 is 23.4 Å². The summed E-state index contributed by atoms with van der Waals surface area (Å²) < 4.78 is 16.1. The third kappa shape index (κ3) is 6.08. The van der Waals surface area contributed by atoms with Crippen molar-refractivity contribution < 1.29 is 28.6 Å². The van der Waals surface area contributed by atoms with Crippen LogP contribution in [0.3, 0.4) is 0 Å². The van der Waals surface area contributed by atoms with E-state index < -0.39 is 11.9 Å². The molecule has 2 amide bonds. The highest BCUT2D eigenvalue weighted by Crippen LogP contribution is 2.34. The second-order valence-corrected chi connectivity index (χ2v) is 9.20. The van der Waals surface area contributed by atoms with Gasteiger partial charge in [0.2, 0.25) is 0 Å². The Kier molecular flexibility index (Phi) is 7.97. The van der Waals surface area contributed by atoms with E-state index in [1.54, 1.807) is 42.5 Å². The van der Waals surface area contributed by atoms with Crippen molar-refractivity contribution in [3.63, 3.8) is 0 Å². The van der Waals surface area contributed by atoms with E-state index in [0.717, 1.165) is 22.2 Å². The Morgan fingerprint density at radius 3 is 2.36 bits per heavy atom. The van der Waals surface area contributed by atoms with Gasteiger partial charge in [0.05, 0.1) is 29.1 Å². The molecule has 3 aromatic rings. The Labute approximate surface area is 217 Å². The van der Waals surface area contributed by atoms with Crippen LogP contribution in [-0.2, 0) is 4.79 Å². The largest absolute Gasteiger partial charge is 0.497 e. The third-order valence-electron chi connectivity index (χ3n) is 5.26. The number of rotatable bonds is 8. The molecule has 184 valence electrons. The first-order valence-electron chi connectivity index (χ1n) is 10.9. The van der Waals surface area contributed by atoms with Crippen molar-refractivity contribution >= 4 is 46.6 Å². The second-order valence-electron chi connectivity index (χ2n) is 7.80. The number of hydrogen-bond acceptors (Lipinski definition) is 7. The minimum atomic E-state index is -0.568. The average Bonchev–Trinajstić information content (AvgIpc) is 3.14. The van der Waals surface area contributed by atoms with Gasteiger partial charge in [-0.3, -0.25) is 14.5 Å². The van der Waals surface area contributed by atoms with Crippen LogP contribution in [0.1, 0.15) is 21.5 Å². The first-order chi connectivity index (χ1) is 17.3. The van der Waals surface area contributed by atoms with Crippen LogP contribution in [0.5, 0.6) is 17.2 Å². The van der Waals surface area contributed by atoms with Crippen LogP contribution in [0.2, 0.25) is 5.02 Å². The lowest BCUT2D eigenvalue weighted by atomic mass is 10.2. The highest BCUT2D eigenvalue weighted by Gasteiger charge is 2.34. The number of nitrogens with zero attached hydrogens (tertiary/aromatic N) is 1. The van der Waals surface area contributed by atoms with Crippen molar-refractivity contribution in [1.82, 2.24) is 4.90 Å². The zero-order valence-electron chi connectivity index (χ0n) is 19.5. The summed E-state index contributed by atoms with van der Waals surface area (Å²) in [7, 11) is 1.54. The zero-order valence-corrected chi connectivity index (χ0v) is 21.1. The summed E-state index contributed by atoms with van der Waals surface area (Å²) in [5.74, 6) is 0.503. The van der Waals surface area contributed by atoms with E-state index in [1.165, 1.54) is 13.2 Å². The Hall–Kier alpha value is -3.75. The van der Waals surface area contributed by atoms with Gasteiger partial charge in [-0.2, -0.15) is 0 Å². The topological polar surface area (TPSA) is 82.1 Å². The molecule has 1 aliphatic rings. The minimum Gasteiger partial charge on any atom is -0.497 e.